The molecule has 2 unspecified atom stereocenters. The second-order valence-corrected chi connectivity index (χ2v) is 4.12. The molecule has 1 N–H and O–H groups in total. The topological polar surface area (TPSA) is 24.9 Å². The molecule has 0 saturated heterocycles. The third-order valence-electron chi connectivity index (χ3n) is 3.06. The van der Waals surface area contributed by atoms with Crippen LogP contribution in [0.15, 0.2) is 36.7 Å². The molecule has 18 heavy (non-hydrogen) atoms. The molecule has 2 heterocycles. The molecule has 0 amide bonds. The first-order chi connectivity index (χ1) is 8.68. The molecular weight excluding hydrogens is 241 g/mol. The molecule has 0 radical (unpaired) electrons. The van der Waals surface area contributed by atoms with Crippen molar-refractivity contribution in [3.63, 3.8) is 0 Å². The highest BCUT2D eigenvalue weighted by molar-refractivity contribution is 5.58. The summed E-state index contributed by atoms with van der Waals surface area (Å²) in [5.41, 5.74) is 0.566. The number of nitrogens with zero attached hydrogens (tertiary/aromatic N) is 1. The van der Waals surface area contributed by atoms with Gasteiger partial charge in [-0.2, -0.15) is 0 Å². The second-order valence-electron chi connectivity index (χ2n) is 4.12. The molecule has 1 aromatic carbocycles. The number of hydrogen-bond donors (Lipinski definition) is 1. The predicted octanol–water partition coefficient (Wildman–Crippen LogP) is 3.54. The molecule has 0 saturated carbocycles. The van der Waals surface area contributed by atoms with Gasteiger partial charge in [-0.15, -0.1) is 0 Å². The van der Waals surface area contributed by atoms with Gasteiger partial charge >= 0.3 is 0 Å². The summed E-state index contributed by atoms with van der Waals surface area (Å²) in [6, 6.07) is 4.03. The molecule has 92 valence electrons. The van der Waals surface area contributed by atoms with Gasteiger partial charge in [-0.05, 0) is 18.2 Å². The van der Waals surface area contributed by atoms with Crippen LogP contribution in [0.5, 0.6) is 0 Å². The molecule has 0 bridgehead atoms. The van der Waals surface area contributed by atoms with Gasteiger partial charge in [-0.1, -0.05) is 6.07 Å². The fourth-order valence-corrected chi connectivity index (χ4v) is 2.20. The molecule has 2 atom stereocenters. The van der Waals surface area contributed by atoms with E-state index in [1.165, 1.54) is 18.5 Å². The molecule has 0 spiro atoms. The van der Waals surface area contributed by atoms with Crippen LogP contribution < -0.4 is 5.32 Å². The minimum atomic E-state index is -1.51. The zero-order valence-corrected chi connectivity index (χ0v) is 9.20. The largest absolute Gasteiger partial charge is 0.374 e. The Morgan fingerprint density at radius 2 is 1.83 bits per heavy atom. The van der Waals surface area contributed by atoms with Gasteiger partial charge in [0.05, 0.1) is 6.04 Å². The number of rotatable bonds is 1. The number of hydrogen-bond acceptors (Lipinski definition) is 2. The van der Waals surface area contributed by atoms with Gasteiger partial charge in [0.15, 0.2) is 6.17 Å². The maximum Gasteiger partial charge on any atom is 0.153 e. The van der Waals surface area contributed by atoms with Gasteiger partial charge in [0.1, 0.15) is 11.6 Å². The number of alkyl halides is 1. The summed E-state index contributed by atoms with van der Waals surface area (Å²) >= 11 is 0. The molecule has 0 fully saturated rings. The highest BCUT2D eigenvalue weighted by atomic mass is 19.1. The Morgan fingerprint density at radius 3 is 2.50 bits per heavy atom. The van der Waals surface area contributed by atoms with Crippen molar-refractivity contribution in [1.29, 1.82) is 0 Å². The smallest absolute Gasteiger partial charge is 0.153 e. The quantitative estimate of drug-likeness (QED) is 0.837. The number of fused-ring (bicyclic) bond motifs is 1. The minimum absolute atomic E-state index is 0.277. The van der Waals surface area contributed by atoms with Crippen molar-refractivity contribution < 1.29 is 13.2 Å². The lowest BCUT2D eigenvalue weighted by Crippen LogP contribution is -2.12. The molecule has 1 aromatic heterocycles. The van der Waals surface area contributed by atoms with Crippen LogP contribution in [0.3, 0.4) is 0 Å². The van der Waals surface area contributed by atoms with Crippen LogP contribution in [0, 0.1) is 11.6 Å². The molecule has 1 aliphatic rings. The summed E-state index contributed by atoms with van der Waals surface area (Å²) in [6.07, 6.45) is 1.35. The first-order valence-corrected chi connectivity index (χ1v) is 5.47. The van der Waals surface area contributed by atoms with Crippen molar-refractivity contribution in [1.82, 2.24) is 4.98 Å². The van der Waals surface area contributed by atoms with Crippen LogP contribution in [0.1, 0.15) is 23.3 Å². The van der Waals surface area contributed by atoms with Crippen LogP contribution in [0.2, 0.25) is 0 Å². The van der Waals surface area contributed by atoms with Gasteiger partial charge in [-0.25, -0.2) is 13.2 Å². The van der Waals surface area contributed by atoms with Crippen LogP contribution in [0.25, 0.3) is 0 Å². The summed E-state index contributed by atoms with van der Waals surface area (Å²) in [5.74, 6) is -1.51. The Labute approximate surface area is 101 Å². The van der Waals surface area contributed by atoms with Gasteiger partial charge in [0.25, 0.3) is 0 Å². The molecule has 2 aromatic rings. The first kappa shape index (κ1) is 11.1. The van der Waals surface area contributed by atoms with Gasteiger partial charge < -0.3 is 5.32 Å². The summed E-state index contributed by atoms with van der Waals surface area (Å²) < 4.78 is 41.5. The van der Waals surface area contributed by atoms with Gasteiger partial charge in [-0.3, -0.25) is 4.98 Å². The van der Waals surface area contributed by atoms with E-state index in [1.54, 1.807) is 6.07 Å². The Kier molecular flexibility index (Phi) is 2.47. The van der Waals surface area contributed by atoms with Crippen LogP contribution in [0.4, 0.5) is 18.9 Å². The normalized spacial score (nSPS) is 21.5. The lowest BCUT2D eigenvalue weighted by molar-refractivity contribution is 0.309. The van der Waals surface area contributed by atoms with Gasteiger partial charge in [0.2, 0.25) is 0 Å². The van der Waals surface area contributed by atoms with E-state index < -0.39 is 23.8 Å². The van der Waals surface area contributed by atoms with E-state index in [2.05, 4.69) is 10.3 Å². The average Bonchev–Trinajstić information content (AvgIpc) is 2.68. The SMILES string of the molecule is Fc1cccc(F)c1C1Nc2ccncc2C1F. The monoisotopic (exact) mass is 250 g/mol. The molecule has 3 rings (SSSR count). The van der Waals surface area contributed by atoms with E-state index in [0.29, 0.717) is 11.3 Å². The average molecular weight is 250 g/mol. The molecule has 5 heteroatoms. The highest BCUT2D eigenvalue weighted by Gasteiger charge is 2.36. The second kappa shape index (κ2) is 4.01. The van der Waals surface area contributed by atoms with E-state index in [9.17, 15) is 13.2 Å². The minimum Gasteiger partial charge on any atom is -0.374 e. The van der Waals surface area contributed by atoms with Crippen molar-refractivity contribution in [2.24, 2.45) is 0 Å². The van der Waals surface area contributed by atoms with Crippen molar-refractivity contribution in [3.8, 4) is 0 Å². The number of anilines is 1. The third kappa shape index (κ3) is 1.54. The Bertz CT molecular complexity index is 580. The zero-order chi connectivity index (χ0) is 12.7. The maximum atomic E-state index is 14.2. The number of nitrogens with one attached hydrogen (secondary N) is 1. The maximum absolute atomic E-state index is 14.2. The third-order valence-corrected chi connectivity index (χ3v) is 3.06. The fourth-order valence-electron chi connectivity index (χ4n) is 2.20. The molecule has 0 aliphatic carbocycles. The number of pyridine rings is 1. The van der Waals surface area contributed by atoms with E-state index in [4.69, 9.17) is 0 Å². The van der Waals surface area contributed by atoms with Crippen LogP contribution >= 0.6 is 0 Å². The fraction of sp³-hybridized carbons (Fsp3) is 0.154. The summed E-state index contributed by atoms with van der Waals surface area (Å²) in [5, 5.41) is 2.79. The Hall–Kier alpha value is -2.04. The first-order valence-electron chi connectivity index (χ1n) is 5.47. The number of aromatic nitrogens is 1. The summed E-state index contributed by atoms with van der Waals surface area (Å²) in [6.45, 7) is 0. The van der Waals surface area contributed by atoms with Crippen molar-refractivity contribution in [2.75, 3.05) is 5.32 Å². The molecular formula is C13H9F3N2. The number of halogens is 3. The summed E-state index contributed by atoms with van der Waals surface area (Å²) in [7, 11) is 0. The number of benzene rings is 1. The van der Waals surface area contributed by atoms with Crippen LogP contribution in [-0.4, -0.2) is 4.98 Å². The van der Waals surface area contributed by atoms with Crippen molar-refractivity contribution in [3.05, 3.63) is 59.4 Å². The lowest BCUT2D eigenvalue weighted by Gasteiger charge is -2.16. The van der Waals surface area contributed by atoms with Gasteiger partial charge in [0, 0.05) is 29.2 Å². The molecule has 2 nitrogen and oxygen atoms in total. The Morgan fingerprint density at radius 1 is 1.11 bits per heavy atom. The van der Waals surface area contributed by atoms with E-state index in [0.717, 1.165) is 12.1 Å². The Balaban J connectivity index is 2.07. The van der Waals surface area contributed by atoms with Crippen molar-refractivity contribution >= 4 is 5.69 Å². The standard InChI is InChI=1S/C13H9F3N2/c14-8-2-1-3-9(15)11(8)13-12(16)7-6-17-5-4-10(7)18-13/h1-6,12-13,18H. The van der Waals surface area contributed by atoms with E-state index >= 15 is 0 Å². The zero-order valence-electron chi connectivity index (χ0n) is 9.20. The van der Waals surface area contributed by atoms with Crippen LogP contribution in [-0.2, 0) is 0 Å². The van der Waals surface area contributed by atoms with E-state index in [1.807, 2.05) is 0 Å². The van der Waals surface area contributed by atoms with Crippen molar-refractivity contribution in [2.45, 2.75) is 12.2 Å². The molecule has 1 aliphatic heterocycles. The highest BCUT2D eigenvalue weighted by Crippen LogP contribution is 2.45. The van der Waals surface area contributed by atoms with E-state index in [-0.39, 0.29) is 5.56 Å². The predicted molar refractivity (Wildman–Crippen MR) is 60.8 cm³/mol. The lowest BCUT2D eigenvalue weighted by atomic mass is 10.0. The summed E-state index contributed by atoms with van der Waals surface area (Å²) in [4.78, 5) is 3.81.